The molecule has 30 heavy (non-hydrogen) atoms. The first-order chi connectivity index (χ1) is 14.0. The van der Waals surface area contributed by atoms with Crippen molar-refractivity contribution >= 4 is 29.3 Å². The normalized spacial score (nSPS) is 19.7. The number of rotatable bonds is 5. The summed E-state index contributed by atoms with van der Waals surface area (Å²) in [6.07, 6.45) is -1.38. The molecule has 3 aromatic rings. The van der Waals surface area contributed by atoms with E-state index in [1.165, 1.54) is 6.20 Å². The van der Waals surface area contributed by atoms with Crippen LogP contribution >= 0.6 is 7.14 Å². The van der Waals surface area contributed by atoms with Gasteiger partial charge < -0.3 is 20.0 Å². The van der Waals surface area contributed by atoms with Gasteiger partial charge in [0, 0.05) is 35.2 Å². The van der Waals surface area contributed by atoms with Crippen molar-refractivity contribution in [2.45, 2.75) is 25.1 Å². The van der Waals surface area contributed by atoms with E-state index in [1.54, 1.807) is 31.5 Å². The molecule has 0 saturated heterocycles. The molecule has 0 radical (unpaired) electrons. The fourth-order valence-electron chi connectivity index (χ4n) is 3.77. The van der Waals surface area contributed by atoms with E-state index in [2.05, 4.69) is 20.3 Å². The number of aliphatic hydroxyl groups is 1. The lowest BCUT2D eigenvalue weighted by Gasteiger charge is -2.31. The zero-order valence-corrected chi connectivity index (χ0v) is 17.4. The molecule has 2 heterocycles. The molecule has 1 aliphatic carbocycles. The summed E-state index contributed by atoms with van der Waals surface area (Å²) in [7, 11) is -2.64. The van der Waals surface area contributed by atoms with Crippen LogP contribution in [0.5, 0.6) is 0 Å². The topological polar surface area (TPSA) is 90.9 Å². The monoisotopic (exact) mass is 438 g/mol. The van der Waals surface area contributed by atoms with Gasteiger partial charge in [0.2, 0.25) is 5.95 Å². The Balaban J connectivity index is 1.78. The fraction of sp³-hybridized carbons (Fsp3) is 0.400. The number of halogens is 3. The number of nitrogens with zero attached hydrogens (tertiary/aromatic N) is 2. The summed E-state index contributed by atoms with van der Waals surface area (Å²) in [5.74, 6) is 0.342. The number of aromatic amines is 1. The largest absolute Gasteiger partial charge is 0.419 e. The molecule has 10 heteroatoms. The van der Waals surface area contributed by atoms with Crippen LogP contribution in [0.3, 0.4) is 0 Å². The van der Waals surface area contributed by atoms with E-state index in [1.807, 2.05) is 0 Å². The highest BCUT2D eigenvalue weighted by molar-refractivity contribution is 7.70. The van der Waals surface area contributed by atoms with E-state index in [-0.39, 0.29) is 29.2 Å². The summed E-state index contributed by atoms with van der Waals surface area (Å²) in [5, 5.41) is 13.5. The highest BCUT2D eigenvalue weighted by Crippen LogP contribution is 2.41. The van der Waals surface area contributed by atoms with Crippen LogP contribution in [0.25, 0.3) is 22.2 Å². The number of benzene rings is 1. The molecule has 0 atom stereocenters. The van der Waals surface area contributed by atoms with E-state index in [0.717, 1.165) is 6.20 Å². The van der Waals surface area contributed by atoms with Gasteiger partial charge in [-0.2, -0.15) is 13.2 Å². The van der Waals surface area contributed by atoms with Crippen molar-refractivity contribution in [3.63, 3.8) is 0 Å². The molecule has 0 bridgehead atoms. The minimum atomic E-state index is -4.63. The van der Waals surface area contributed by atoms with Crippen molar-refractivity contribution < 1.29 is 22.8 Å². The van der Waals surface area contributed by atoms with Crippen molar-refractivity contribution in [2.75, 3.05) is 25.2 Å². The number of anilines is 1. The highest BCUT2D eigenvalue weighted by atomic mass is 31.2. The van der Waals surface area contributed by atoms with Crippen LogP contribution < -0.4 is 10.6 Å². The molecule has 0 amide bonds. The summed E-state index contributed by atoms with van der Waals surface area (Å²) in [6.45, 7) is 3.72. The van der Waals surface area contributed by atoms with Gasteiger partial charge in [-0.15, -0.1) is 0 Å². The van der Waals surface area contributed by atoms with E-state index >= 15 is 0 Å². The molecular formula is C20H22F3N4O2P. The van der Waals surface area contributed by atoms with Crippen LogP contribution in [-0.4, -0.2) is 46.0 Å². The third-order valence-corrected chi connectivity index (χ3v) is 6.92. The second kappa shape index (κ2) is 7.39. The molecule has 6 nitrogen and oxygen atoms in total. The van der Waals surface area contributed by atoms with Gasteiger partial charge in [0.15, 0.2) is 0 Å². The molecular weight excluding hydrogens is 416 g/mol. The summed E-state index contributed by atoms with van der Waals surface area (Å²) in [4.78, 5) is 11.0. The van der Waals surface area contributed by atoms with Crippen LogP contribution in [0.4, 0.5) is 19.1 Å². The second-order valence-corrected chi connectivity index (χ2v) is 11.3. The van der Waals surface area contributed by atoms with Gasteiger partial charge in [0.25, 0.3) is 0 Å². The number of aromatic nitrogens is 3. The average molecular weight is 438 g/mol. The number of para-hydroxylation sites is 1. The zero-order valence-electron chi connectivity index (χ0n) is 16.5. The molecule has 1 saturated carbocycles. The molecule has 1 aliphatic rings. The van der Waals surface area contributed by atoms with Crippen molar-refractivity contribution in [2.24, 2.45) is 5.92 Å². The summed E-state index contributed by atoms with van der Waals surface area (Å²) in [6, 6.07) is 5.09. The predicted octanol–water partition coefficient (Wildman–Crippen LogP) is 4.07. The maximum absolute atomic E-state index is 13.7. The smallest absolute Gasteiger partial charge is 0.393 e. The van der Waals surface area contributed by atoms with Gasteiger partial charge in [0.05, 0.1) is 17.3 Å². The van der Waals surface area contributed by atoms with Gasteiger partial charge >= 0.3 is 6.18 Å². The average Bonchev–Trinajstić information content (AvgIpc) is 3.06. The minimum absolute atomic E-state index is 0.0987. The van der Waals surface area contributed by atoms with Crippen LogP contribution in [0.15, 0.2) is 30.6 Å². The highest BCUT2D eigenvalue weighted by Gasteiger charge is 2.36. The molecule has 0 aliphatic heterocycles. The molecule has 4 rings (SSSR count). The van der Waals surface area contributed by atoms with Crippen molar-refractivity contribution in [1.29, 1.82) is 0 Å². The van der Waals surface area contributed by atoms with Gasteiger partial charge in [-0.1, -0.05) is 12.1 Å². The lowest BCUT2D eigenvalue weighted by atomic mass is 9.82. The molecule has 1 aromatic carbocycles. The third kappa shape index (κ3) is 3.96. The second-order valence-electron chi connectivity index (χ2n) is 8.08. The van der Waals surface area contributed by atoms with Gasteiger partial charge in [-0.25, -0.2) is 9.97 Å². The lowest BCUT2D eigenvalue weighted by molar-refractivity contribution is -0.137. The number of nitrogens with one attached hydrogen (secondary N) is 2. The Morgan fingerprint density at radius 2 is 2.03 bits per heavy atom. The molecule has 0 unspecified atom stereocenters. The number of hydrogen-bond acceptors (Lipinski definition) is 5. The third-order valence-electron chi connectivity index (χ3n) is 5.38. The van der Waals surface area contributed by atoms with E-state index in [0.29, 0.717) is 35.6 Å². The zero-order chi connectivity index (χ0) is 21.7. The van der Waals surface area contributed by atoms with Gasteiger partial charge in [-0.3, -0.25) is 0 Å². The molecule has 1 fully saturated rings. The van der Waals surface area contributed by atoms with Crippen LogP contribution in [-0.2, 0) is 10.7 Å². The van der Waals surface area contributed by atoms with Crippen LogP contribution in [0.2, 0.25) is 0 Å². The molecule has 3 N–H and O–H groups in total. The first-order valence-electron chi connectivity index (χ1n) is 9.56. The quantitative estimate of drug-likeness (QED) is 0.523. The SMILES string of the molecule is CP(C)(=O)c1cccc2c(-c3nc(NCC4CC(O)C4)ncc3C(F)(F)F)c[nH]c12. The van der Waals surface area contributed by atoms with E-state index < -0.39 is 18.9 Å². The summed E-state index contributed by atoms with van der Waals surface area (Å²) in [5.41, 5.74) is -0.351. The first kappa shape index (κ1) is 20.9. The molecule has 0 spiro atoms. The van der Waals surface area contributed by atoms with Crippen molar-refractivity contribution in [1.82, 2.24) is 15.0 Å². The Bertz CT molecular complexity index is 1130. The standard InChI is InChI=1S/C20H22F3N4O2P/c1-30(2,29)16-5-3-4-13-14(9-24-18(13)16)17-15(20(21,22)23)10-26-19(27-17)25-8-11-6-12(28)7-11/h3-5,9-12,24,28H,6-8H2,1-2H3,(H,25,26,27). The minimum Gasteiger partial charge on any atom is -0.393 e. The summed E-state index contributed by atoms with van der Waals surface area (Å²) >= 11 is 0. The van der Waals surface area contributed by atoms with Crippen LogP contribution in [0.1, 0.15) is 18.4 Å². The summed E-state index contributed by atoms with van der Waals surface area (Å²) < 4.78 is 53.6. The number of fused-ring (bicyclic) bond motifs is 1. The fourth-order valence-corrected chi connectivity index (χ4v) is 4.93. The van der Waals surface area contributed by atoms with Crippen molar-refractivity contribution in [3.05, 3.63) is 36.2 Å². The van der Waals surface area contributed by atoms with Gasteiger partial charge in [-0.05, 0) is 38.2 Å². The Kier molecular flexibility index (Phi) is 5.14. The number of aliphatic hydroxyl groups excluding tert-OH is 1. The molecule has 160 valence electrons. The Morgan fingerprint density at radius 3 is 2.67 bits per heavy atom. The molecule has 2 aromatic heterocycles. The number of hydrogen-bond donors (Lipinski definition) is 3. The van der Waals surface area contributed by atoms with E-state index in [9.17, 15) is 22.8 Å². The number of H-pyrrole nitrogens is 1. The Morgan fingerprint density at radius 1 is 1.30 bits per heavy atom. The van der Waals surface area contributed by atoms with E-state index in [4.69, 9.17) is 0 Å². The maximum Gasteiger partial charge on any atom is 0.419 e. The predicted molar refractivity (Wildman–Crippen MR) is 111 cm³/mol. The Labute approximate surface area is 171 Å². The number of alkyl halides is 3. The van der Waals surface area contributed by atoms with Gasteiger partial charge in [0.1, 0.15) is 12.7 Å². The lowest BCUT2D eigenvalue weighted by Crippen LogP contribution is -2.33. The first-order valence-corrected chi connectivity index (χ1v) is 12.2. The maximum atomic E-state index is 13.7. The van der Waals surface area contributed by atoms with Crippen molar-refractivity contribution in [3.8, 4) is 11.3 Å². The van der Waals surface area contributed by atoms with Crippen LogP contribution in [0, 0.1) is 5.92 Å². The Hall–Kier alpha value is -2.38.